The Bertz CT molecular complexity index is 861. The molecule has 0 N–H and O–H groups in total. The zero-order chi connectivity index (χ0) is 25.3. The molecule has 0 aromatic heterocycles. The Morgan fingerprint density at radius 1 is 0.857 bits per heavy atom. The van der Waals surface area contributed by atoms with Gasteiger partial charge in [-0.05, 0) is 103 Å². The van der Waals surface area contributed by atoms with Crippen LogP contribution in [0, 0.1) is 11.8 Å². The highest BCUT2D eigenvalue weighted by Gasteiger charge is 2.48. The number of hydrogen-bond acceptors (Lipinski definition) is 5. The zero-order valence-corrected chi connectivity index (χ0v) is 23.0. The van der Waals surface area contributed by atoms with Crippen molar-refractivity contribution in [3.05, 3.63) is 0 Å². The predicted octanol–water partition coefficient (Wildman–Crippen LogP) is 4.93. The molecule has 4 rings (SSSR count). The molecular weight excluding hydrogens is 464 g/mol. The number of amides is 2. The standard InChI is InChI=1S/C27H46N2O5S/c1-18(2)35(32,33)24-13-10-21(11-14-24)22-12-15-25-26(16-22)28(17-19(3)29(25)20(4)30)27(31)34-23-8-6-5-7-9-23/h18-19,21-26H,5-17H2,1-4H3/t19-,21?,22?,24?,25?,26?/m0/s1. The van der Waals surface area contributed by atoms with Crippen LogP contribution in [0.3, 0.4) is 0 Å². The van der Waals surface area contributed by atoms with Crippen molar-refractivity contribution in [3.8, 4) is 0 Å². The minimum absolute atomic E-state index is 0.0120. The average Bonchev–Trinajstić information content (AvgIpc) is 2.83. The molecule has 2 amide bonds. The van der Waals surface area contributed by atoms with E-state index >= 15 is 0 Å². The van der Waals surface area contributed by atoms with Crippen molar-refractivity contribution in [2.75, 3.05) is 6.54 Å². The van der Waals surface area contributed by atoms with Crippen molar-refractivity contribution < 1.29 is 22.7 Å². The second kappa shape index (κ2) is 11.0. The zero-order valence-electron chi connectivity index (χ0n) is 22.2. The SMILES string of the molecule is CC(=O)N1C2CCC(C3CCC(S(=O)(=O)C(C)C)CC3)CC2N(C(=O)OC2CCCCC2)C[C@@H]1C. The Kier molecular flexibility index (Phi) is 8.39. The molecule has 1 aliphatic heterocycles. The predicted molar refractivity (Wildman–Crippen MR) is 137 cm³/mol. The van der Waals surface area contributed by atoms with E-state index in [0.717, 1.165) is 70.6 Å². The van der Waals surface area contributed by atoms with Crippen LogP contribution >= 0.6 is 0 Å². The lowest BCUT2D eigenvalue weighted by Gasteiger charge is -2.54. The van der Waals surface area contributed by atoms with Crippen molar-refractivity contribution in [2.24, 2.45) is 11.8 Å². The van der Waals surface area contributed by atoms with Crippen molar-refractivity contribution in [1.29, 1.82) is 0 Å². The molecule has 4 fully saturated rings. The van der Waals surface area contributed by atoms with Gasteiger partial charge in [-0.1, -0.05) is 6.42 Å². The number of sulfone groups is 1. The highest BCUT2D eigenvalue weighted by Crippen LogP contribution is 2.44. The third kappa shape index (κ3) is 5.67. The fraction of sp³-hybridized carbons (Fsp3) is 0.926. The summed E-state index contributed by atoms with van der Waals surface area (Å²) in [4.78, 5) is 29.9. The summed E-state index contributed by atoms with van der Waals surface area (Å²) in [5, 5.41) is -0.522. The topological polar surface area (TPSA) is 84.0 Å². The van der Waals surface area contributed by atoms with Crippen LogP contribution in [0.25, 0.3) is 0 Å². The molecule has 3 saturated carbocycles. The molecule has 0 aromatic carbocycles. The smallest absolute Gasteiger partial charge is 0.410 e. The Labute approximate surface area is 212 Å². The van der Waals surface area contributed by atoms with Gasteiger partial charge in [0.15, 0.2) is 9.84 Å². The van der Waals surface area contributed by atoms with Gasteiger partial charge in [0, 0.05) is 19.5 Å². The first-order valence-corrected chi connectivity index (χ1v) is 15.7. The molecule has 1 saturated heterocycles. The van der Waals surface area contributed by atoms with Gasteiger partial charge in [-0.3, -0.25) is 4.79 Å². The maximum Gasteiger partial charge on any atom is 0.410 e. The Hall–Kier alpha value is -1.31. The summed E-state index contributed by atoms with van der Waals surface area (Å²) in [5.74, 6) is 1.05. The summed E-state index contributed by atoms with van der Waals surface area (Å²) < 4.78 is 31.3. The van der Waals surface area contributed by atoms with Gasteiger partial charge in [0.1, 0.15) is 6.10 Å². The molecule has 3 aliphatic carbocycles. The van der Waals surface area contributed by atoms with Gasteiger partial charge in [0.05, 0.1) is 22.6 Å². The van der Waals surface area contributed by atoms with Crippen molar-refractivity contribution in [3.63, 3.8) is 0 Å². The summed E-state index contributed by atoms with van der Waals surface area (Å²) in [5.41, 5.74) is 0. The molecule has 1 heterocycles. The summed E-state index contributed by atoms with van der Waals surface area (Å²) in [6.07, 6.45) is 11.4. The molecule has 0 spiro atoms. The minimum atomic E-state index is -3.04. The van der Waals surface area contributed by atoms with Crippen molar-refractivity contribution in [2.45, 2.75) is 139 Å². The van der Waals surface area contributed by atoms with Gasteiger partial charge in [0.25, 0.3) is 0 Å². The van der Waals surface area contributed by atoms with Crippen LogP contribution in [-0.2, 0) is 19.4 Å². The molecule has 0 bridgehead atoms. The fourth-order valence-electron chi connectivity index (χ4n) is 7.51. The molecule has 0 aromatic rings. The van der Waals surface area contributed by atoms with Crippen molar-refractivity contribution >= 4 is 21.8 Å². The normalized spacial score (nSPS) is 35.0. The Morgan fingerprint density at radius 2 is 1.49 bits per heavy atom. The number of hydrogen-bond donors (Lipinski definition) is 0. The number of nitrogens with zero attached hydrogens (tertiary/aromatic N) is 2. The molecule has 4 atom stereocenters. The molecule has 0 radical (unpaired) electrons. The van der Waals surface area contributed by atoms with E-state index in [1.807, 2.05) is 16.7 Å². The molecule has 8 heteroatoms. The number of carbonyl (C=O) groups is 2. The van der Waals surface area contributed by atoms with Crippen LogP contribution in [0.4, 0.5) is 4.79 Å². The third-order valence-corrected chi connectivity index (χ3v) is 12.2. The van der Waals surface area contributed by atoms with Gasteiger partial charge >= 0.3 is 6.09 Å². The van der Waals surface area contributed by atoms with Crippen molar-refractivity contribution in [1.82, 2.24) is 9.80 Å². The quantitative estimate of drug-likeness (QED) is 0.536. The molecule has 4 aliphatic rings. The van der Waals surface area contributed by atoms with E-state index in [0.29, 0.717) is 18.4 Å². The first-order chi connectivity index (χ1) is 16.6. The number of rotatable bonds is 4. The van der Waals surface area contributed by atoms with E-state index < -0.39 is 9.84 Å². The first-order valence-electron chi connectivity index (χ1n) is 14.1. The van der Waals surface area contributed by atoms with Gasteiger partial charge < -0.3 is 14.5 Å². The summed E-state index contributed by atoms with van der Waals surface area (Å²) in [6, 6.07) is 0.0204. The summed E-state index contributed by atoms with van der Waals surface area (Å²) in [7, 11) is -3.04. The molecule has 7 nitrogen and oxygen atoms in total. The van der Waals surface area contributed by atoms with Gasteiger partial charge in [-0.2, -0.15) is 0 Å². The van der Waals surface area contributed by atoms with Crippen LogP contribution in [-0.4, -0.2) is 71.5 Å². The lowest BCUT2D eigenvalue weighted by Crippen LogP contribution is -2.67. The fourth-order valence-corrected chi connectivity index (χ4v) is 9.20. The maximum atomic E-state index is 13.4. The van der Waals surface area contributed by atoms with Crippen LogP contribution < -0.4 is 0 Å². The second-order valence-corrected chi connectivity index (χ2v) is 14.7. The highest BCUT2D eigenvalue weighted by atomic mass is 32.2. The minimum Gasteiger partial charge on any atom is -0.446 e. The van der Waals surface area contributed by atoms with E-state index in [2.05, 4.69) is 0 Å². The first kappa shape index (κ1) is 26.7. The van der Waals surface area contributed by atoms with Gasteiger partial charge in [0.2, 0.25) is 5.91 Å². The van der Waals surface area contributed by atoms with Crippen LogP contribution in [0.5, 0.6) is 0 Å². The average molecular weight is 511 g/mol. The van der Waals surface area contributed by atoms with Crippen LogP contribution in [0.15, 0.2) is 0 Å². The molecular formula is C27H46N2O5S. The largest absolute Gasteiger partial charge is 0.446 e. The number of fused-ring (bicyclic) bond motifs is 1. The third-order valence-electron chi connectivity index (χ3n) is 9.44. The Morgan fingerprint density at radius 3 is 2.09 bits per heavy atom. The number of piperazine rings is 1. The second-order valence-electron chi connectivity index (χ2n) is 12.0. The molecule has 200 valence electrons. The van der Waals surface area contributed by atoms with E-state index in [-0.39, 0.29) is 46.7 Å². The van der Waals surface area contributed by atoms with Gasteiger partial charge in [-0.15, -0.1) is 0 Å². The van der Waals surface area contributed by atoms with E-state index in [4.69, 9.17) is 4.74 Å². The van der Waals surface area contributed by atoms with Crippen LogP contribution in [0.1, 0.15) is 105 Å². The van der Waals surface area contributed by atoms with Gasteiger partial charge in [-0.25, -0.2) is 13.2 Å². The molecule has 35 heavy (non-hydrogen) atoms. The highest BCUT2D eigenvalue weighted by molar-refractivity contribution is 7.92. The monoisotopic (exact) mass is 510 g/mol. The molecule has 3 unspecified atom stereocenters. The van der Waals surface area contributed by atoms with Crippen LogP contribution in [0.2, 0.25) is 0 Å². The number of ether oxygens (including phenoxy) is 1. The van der Waals surface area contributed by atoms with E-state index in [9.17, 15) is 18.0 Å². The van der Waals surface area contributed by atoms with E-state index in [1.165, 1.54) is 6.42 Å². The summed E-state index contributed by atoms with van der Waals surface area (Å²) >= 11 is 0. The lowest BCUT2D eigenvalue weighted by molar-refractivity contribution is -0.143. The van der Waals surface area contributed by atoms with E-state index in [1.54, 1.807) is 20.8 Å². The Balaban J connectivity index is 1.45. The summed E-state index contributed by atoms with van der Waals surface area (Å²) in [6.45, 7) is 7.79. The lowest BCUT2D eigenvalue weighted by atomic mass is 9.69. The number of carbonyl (C=O) groups excluding carboxylic acids is 2. The maximum absolute atomic E-state index is 13.4.